The lowest BCUT2D eigenvalue weighted by Crippen LogP contribution is -2.39. The molecule has 0 bridgehead atoms. The zero-order valence-electron chi connectivity index (χ0n) is 13.9. The summed E-state index contributed by atoms with van der Waals surface area (Å²) in [4.78, 5) is 21.5. The Morgan fingerprint density at radius 2 is 2.24 bits per heavy atom. The summed E-state index contributed by atoms with van der Waals surface area (Å²) >= 11 is 1.42. The molecule has 1 amide bonds. The molecule has 6 nitrogen and oxygen atoms in total. The van der Waals surface area contributed by atoms with Crippen LogP contribution in [0.5, 0.6) is 0 Å². The molecule has 0 aliphatic carbocycles. The summed E-state index contributed by atoms with van der Waals surface area (Å²) in [6, 6.07) is 5.69. The van der Waals surface area contributed by atoms with Crippen LogP contribution in [0.4, 0.5) is 5.13 Å². The number of ether oxygens (including phenoxy) is 1. The largest absolute Gasteiger partial charge is 0.385 e. The van der Waals surface area contributed by atoms with Crippen LogP contribution in [0.25, 0.3) is 11.4 Å². The third-order valence-electron chi connectivity index (χ3n) is 4.16. The molecule has 0 aromatic carbocycles. The number of aromatic nitrogens is 2. The molecule has 3 heterocycles. The average Bonchev–Trinajstić information content (AvgIpc) is 3.24. The highest BCUT2D eigenvalue weighted by Crippen LogP contribution is 2.32. The molecule has 2 aromatic heterocycles. The molecular weight excluding hydrogens is 383 g/mol. The molecule has 0 saturated carbocycles. The molecule has 9 heteroatoms. The summed E-state index contributed by atoms with van der Waals surface area (Å²) in [6.45, 7) is 2.11. The van der Waals surface area contributed by atoms with Crippen molar-refractivity contribution in [3.05, 3.63) is 29.8 Å². The van der Waals surface area contributed by atoms with Gasteiger partial charge in [0.25, 0.3) is 0 Å². The van der Waals surface area contributed by atoms with Crippen molar-refractivity contribution in [1.82, 2.24) is 15.3 Å². The predicted molar refractivity (Wildman–Crippen MR) is 105 cm³/mol. The van der Waals surface area contributed by atoms with Crippen molar-refractivity contribution in [2.75, 3.05) is 32.1 Å². The fraction of sp³-hybridized carbons (Fsp3) is 0.438. The van der Waals surface area contributed by atoms with Crippen LogP contribution in [0.2, 0.25) is 0 Å². The van der Waals surface area contributed by atoms with Gasteiger partial charge in [-0.15, -0.1) is 36.2 Å². The quantitative estimate of drug-likeness (QED) is 0.773. The van der Waals surface area contributed by atoms with Gasteiger partial charge in [-0.2, -0.15) is 0 Å². The molecular formula is C16H22Cl2N4O2S. The Morgan fingerprint density at radius 1 is 1.40 bits per heavy atom. The van der Waals surface area contributed by atoms with Crippen LogP contribution in [0.15, 0.2) is 29.8 Å². The molecule has 25 heavy (non-hydrogen) atoms. The Balaban J connectivity index is 0.00000156. The highest BCUT2D eigenvalue weighted by atomic mass is 35.5. The van der Waals surface area contributed by atoms with E-state index < -0.39 is 5.41 Å². The van der Waals surface area contributed by atoms with Crippen molar-refractivity contribution in [2.45, 2.75) is 12.8 Å². The van der Waals surface area contributed by atoms with Crippen LogP contribution < -0.4 is 10.6 Å². The smallest absolute Gasteiger partial charge is 0.233 e. The third kappa shape index (κ3) is 5.12. The van der Waals surface area contributed by atoms with E-state index in [1.165, 1.54) is 11.3 Å². The summed E-state index contributed by atoms with van der Waals surface area (Å²) in [5.41, 5.74) is 1.18. The fourth-order valence-corrected chi connectivity index (χ4v) is 3.45. The number of hydrogen-bond acceptors (Lipinski definition) is 6. The molecule has 0 spiro atoms. The van der Waals surface area contributed by atoms with Crippen molar-refractivity contribution < 1.29 is 9.53 Å². The first kappa shape index (κ1) is 21.8. The number of thiazole rings is 1. The maximum absolute atomic E-state index is 12.7. The lowest BCUT2D eigenvalue weighted by Gasteiger charge is -2.25. The first-order valence-electron chi connectivity index (χ1n) is 7.62. The van der Waals surface area contributed by atoms with Crippen molar-refractivity contribution in [3.8, 4) is 11.4 Å². The molecule has 1 saturated heterocycles. The van der Waals surface area contributed by atoms with E-state index in [-0.39, 0.29) is 30.7 Å². The van der Waals surface area contributed by atoms with Gasteiger partial charge in [0.15, 0.2) is 5.13 Å². The van der Waals surface area contributed by atoms with E-state index in [4.69, 9.17) is 4.74 Å². The highest BCUT2D eigenvalue weighted by molar-refractivity contribution is 7.14. The second-order valence-electron chi connectivity index (χ2n) is 5.66. The topological polar surface area (TPSA) is 76.1 Å². The molecule has 0 radical (unpaired) electrons. The predicted octanol–water partition coefficient (Wildman–Crippen LogP) is 3.00. The number of carbonyl (C=O) groups excluding carboxylic acids is 1. The number of halogens is 2. The Bertz CT molecular complexity index is 663. The number of methoxy groups -OCH3 is 1. The zero-order chi connectivity index (χ0) is 16.1. The first-order chi connectivity index (χ1) is 11.2. The van der Waals surface area contributed by atoms with Gasteiger partial charge in [-0.05, 0) is 31.5 Å². The van der Waals surface area contributed by atoms with E-state index in [9.17, 15) is 4.79 Å². The van der Waals surface area contributed by atoms with Gasteiger partial charge in [-0.3, -0.25) is 9.78 Å². The van der Waals surface area contributed by atoms with Crippen molar-refractivity contribution in [2.24, 2.45) is 5.41 Å². The van der Waals surface area contributed by atoms with Crippen molar-refractivity contribution in [1.29, 1.82) is 0 Å². The van der Waals surface area contributed by atoms with Crippen LogP contribution in [0, 0.1) is 5.41 Å². The zero-order valence-corrected chi connectivity index (χ0v) is 16.3. The minimum absolute atomic E-state index is 0. The lowest BCUT2D eigenvalue weighted by molar-refractivity contribution is -0.125. The minimum Gasteiger partial charge on any atom is -0.385 e. The number of anilines is 1. The summed E-state index contributed by atoms with van der Waals surface area (Å²) < 4.78 is 5.16. The van der Waals surface area contributed by atoms with Gasteiger partial charge in [0.1, 0.15) is 5.69 Å². The number of hydrogen-bond donors (Lipinski definition) is 2. The van der Waals surface area contributed by atoms with Gasteiger partial charge in [0.05, 0.1) is 11.1 Å². The second-order valence-corrected chi connectivity index (χ2v) is 6.52. The molecule has 2 aromatic rings. The molecule has 1 unspecified atom stereocenters. The SMILES string of the molecule is COCCC1(C(=O)Nc2nc(-c3ccccn3)cs2)CCNC1.Cl.Cl. The van der Waals surface area contributed by atoms with Crippen molar-refractivity contribution >= 4 is 47.2 Å². The molecule has 1 fully saturated rings. The summed E-state index contributed by atoms with van der Waals surface area (Å²) in [5, 5.41) is 8.77. The van der Waals surface area contributed by atoms with E-state index in [2.05, 4.69) is 20.6 Å². The maximum Gasteiger partial charge on any atom is 0.233 e. The van der Waals surface area contributed by atoms with E-state index in [1.807, 2.05) is 23.6 Å². The second kappa shape index (κ2) is 10.0. The number of rotatable bonds is 6. The molecule has 138 valence electrons. The van der Waals surface area contributed by atoms with Gasteiger partial charge in [0.2, 0.25) is 5.91 Å². The molecule has 1 atom stereocenters. The van der Waals surface area contributed by atoms with E-state index >= 15 is 0 Å². The summed E-state index contributed by atoms with van der Waals surface area (Å²) in [5.74, 6) is 0.0153. The van der Waals surface area contributed by atoms with E-state index in [1.54, 1.807) is 13.3 Å². The molecule has 1 aliphatic heterocycles. The minimum atomic E-state index is -0.410. The van der Waals surface area contributed by atoms with Crippen molar-refractivity contribution in [3.63, 3.8) is 0 Å². The number of carbonyl (C=O) groups is 1. The van der Waals surface area contributed by atoms with Gasteiger partial charge >= 0.3 is 0 Å². The normalized spacial score (nSPS) is 18.9. The number of nitrogens with zero attached hydrogens (tertiary/aromatic N) is 2. The van der Waals surface area contributed by atoms with Crippen LogP contribution >= 0.6 is 36.2 Å². The number of amides is 1. The molecule has 2 N–H and O–H groups in total. The van der Waals surface area contributed by atoms with Gasteiger partial charge in [-0.25, -0.2) is 4.98 Å². The fourth-order valence-electron chi connectivity index (χ4n) is 2.75. The van der Waals surface area contributed by atoms with Crippen LogP contribution in [0.1, 0.15) is 12.8 Å². The molecule has 1 aliphatic rings. The Kier molecular flexibility index (Phi) is 8.75. The maximum atomic E-state index is 12.7. The van der Waals surface area contributed by atoms with Gasteiger partial charge < -0.3 is 15.4 Å². The van der Waals surface area contributed by atoms with E-state index in [0.717, 1.165) is 24.4 Å². The Hall–Kier alpha value is -1.25. The Morgan fingerprint density at radius 3 is 2.88 bits per heavy atom. The van der Waals surface area contributed by atoms with Gasteiger partial charge in [-0.1, -0.05) is 6.07 Å². The number of pyridine rings is 1. The highest BCUT2D eigenvalue weighted by Gasteiger charge is 2.41. The monoisotopic (exact) mass is 404 g/mol. The first-order valence-corrected chi connectivity index (χ1v) is 8.49. The summed E-state index contributed by atoms with van der Waals surface area (Å²) in [7, 11) is 1.66. The standard InChI is InChI=1S/C16H20N4O2S.2ClH/c1-22-9-6-16(5-8-17-11-16)14(21)20-15-19-13(10-23-15)12-4-2-3-7-18-12;;/h2-4,7,10,17H,5-6,8-9,11H2,1H3,(H,19,20,21);2*1H. The molecule has 3 rings (SSSR count). The number of nitrogens with one attached hydrogen (secondary N) is 2. The lowest BCUT2D eigenvalue weighted by atomic mass is 9.83. The van der Waals surface area contributed by atoms with E-state index in [0.29, 0.717) is 24.7 Å². The van der Waals surface area contributed by atoms with Crippen LogP contribution in [-0.2, 0) is 9.53 Å². The third-order valence-corrected chi connectivity index (χ3v) is 4.92. The van der Waals surface area contributed by atoms with Crippen LogP contribution in [0.3, 0.4) is 0 Å². The van der Waals surface area contributed by atoms with Gasteiger partial charge in [0, 0.05) is 31.8 Å². The average molecular weight is 405 g/mol. The Labute approximate surface area is 163 Å². The van der Waals surface area contributed by atoms with Crippen LogP contribution in [-0.4, -0.2) is 42.7 Å². The summed E-state index contributed by atoms with van der Waals surface area (Å²) in [6.07, 6.45) is 3.26.